The molecule has 1 aliphatic heterocycles. The summed E-state index contributed by atoms with van der Waals surface area (Å²) < 4.78 is 35.0. The van der Waals surface area contributed by atoms with Gasteiger partial charge in [0.1, 0.15) is 30.5 Å². The second-order valence-electron chi connectivity index (χ2n) is 14.1. The van der Waals surface area contributed by atoms with E-state index < -0.39 is 77.1 Å². The number of alkyl carbamates (subject to hydrolysis) is 2. The summed E-state index contributed by atoms with van der Waals surface area (Å²) in [6.07, 6.45) is -5.04. The number of ether oxygens (including phenoxy) is 6. The zero-order valence-corrected chi connectivity index (χ0v) is 33.3. The highest BCUT2D eigenvalue weighted by Gasteiger charge is 2.48. The summed E-state index contributed by atoms with van der Waals surface area (Å²) in [6.45, 7) is 5.28. The summed E-state index contributed by atoms with van der Waals surface area (Å²) in [4.78, 5) is 38.0. The second kappa shape index (κ2) is 21.6. The molecule has 0 unspecified atom stereocenters. The fraction of sp³-hybridized carbons (Fsp3) is 0.475. The molecular weight excluding hydrogens is 775 g/mol. The molecule has 0 aliphatic carbocycles. The molecule has 4 rings (SSSR count). The molecule has 1 fully saturated rings. The molecule has 1 heterocycles. The second-order valence-corrected chi connectivity index (χ2v) is 16.6. The molecular formula is C40H49Cl3N2O10. The van der Waals surface area contributed by atoms with Gasteiger partial charge in [0.05, 0.1) is 45.0 Å². The number of carbonyl (C=O) groups excluding carboxylic acids is 2. The molecule has 2 amide bonds. The highest BCUT2D eigenvalue weighted by atomic mass is 35.6. The van der Waals surface area contributed by atoms with Gasteiger partial charge in [0, 0.05) is 6.04 Å². The van der Waals surface area contributed by atoms with Crippen LogP contribution in [-0.2, 0) is 53.0 Å². The van der Waals surface area contributed by atoms with Gasteiger partial charge in [0.2, 0.25) is 3.79 Å². The van der Waals surface area contributed by atoms with Gasteiger partial charge in [-0.1, -0.05) is 126 Å². The van der Waals surface area contributed by atoms with E-state index in [0.717, 1.165) is 16.7 Å². The smallest absolute Gasteiger partial charge is 0.407 e. The van der Waals surface area contributed by atoms with E-state index in [2.05, 4.69) is 10.6 Å². The van der Waals surface area contributed by atoms with Crippen LogP contribution in [0.15, 0.2) is 91.0 Å². The molecule has 1 aliphatic rings. The monoisotopic (exact) mass is 822 g/mol. The molecule has 1 saturated heterocycles. The summed E-state index contributed by atoms with van der Waals surface area (Å²) in [5.74, 6) is -1.12. The molecule has 6 atom stereocenters. The average molecular weight is 824 g/mol. The highest BCUT2D eigenvalue weighted by Crippen LogP contribution is 2.32. The molecule has 3 aromatic rings. The van der Waals surface area contributed by atoms with Crippen molar-refractivity contribution >= 4 is 53.0 Å². The van der Waals surface area contributed by atoms with Gasteiger partial charge in [-0.05, 0) is 50.3 Å². The average Bonchev–Trinajstić information content (AvgIpc) is 3.12. The first-order chi connectivity index (χ1) is 26.1. The van der Waals surface area contributed by atoms with E-state index in [1.165, 1.54) is 0 Å². The number of rotatable bonds is 18. The van der Waals surface area contributed by atoms with Crippen LogP contribution >= 0.6 is 34.8 Å². The minimum atomic E-state index is -1.87. The van der Waals surface area contributed by atoms with Crippen LogP contribution in [0.1, 0.15) is 56.7 Å². The Hall–Kier alpha value is -3.62. The molecule has 55 heavy (non-hydrogen) atoms. The Balaban J connectivity index is 1.69. The van der Waals surface area contributed by atoms with Crippen LogP contribution in [-0.4, -0.2) is 82.4 Å². The number of nitrogens with one attached hydrogen (secondary N) is 2. The number of carboxylic acid groups (broad SMARTS) is 1. The van der Waals surface area contributed by atoms with Crippen LogP contribution in [0.5, 0.6) is 0 Å². The maximum absolute atomic E-state index is 13.3. The molecule has 3 N–H and O–H groups in total. The SMILES string of the molecule is CC(C)(C)OC(=O)N[C@@H](CC[C@@H]1O[C@H](COCc2ccccc2)[C@@H](OCc2ccccc2)[C@H](OCc2ccccc2)[C@H]1NC(=O)OCC(Cl)(Cl)Cl)CC(=O)O. The fourth-order valence-corrected chi connectivity index (χ4v) is 6.14. The number of carboxylic acids is 1. The number of aliphatic carboxylic acids is 1. The van der Waals surface area contributed by atoms with Crippen molar-refractivity contribution in [1.29, 1.82) is 0 Å². The van der Waals surface area contributed by atoms with E-state index in [1.807, 2.05) is 91.0 Å². The Morgan fingerprint density at radius 1 is 0.764 bits per heavy atom. The van der Waals surface area contributed by atoms with Crippen molar-refractivity contribution in [2.24, 2.45) is 0 Å². The van der Waals surface area contributed by atoms with Crippen LogP contribution in [0.3, 0.4) is 0 Å². The Labute approximate surface area is 337 Å². The predicted molar refractivity (Wildman–Crippen MR) is 208 cm³/mol. The maximum Gasteiger partial charge on any atom is 0.407 e. The Bertz CT molecular complexity index is 1610. The predicted octanol–water partition coefficient (Wildman–Crippen LogP) is 7.75. The zero-order chi connectivity index (χ0) is 39.8. The van der Waals surface area contributed by atoms with Crippen molar-refractivity contribution in [2.45, 2.75) is 106 Å². The van der Waals surface area contributed by atoms with E-state index in [-0.39, 0.29) is 39.3 Å². The van der Waals surface area contributed by atoms with Crippen LogP contribution in [0.2, 0.25) is 0 Å². The topological polar surface area (TPSA) is 151 Å². The largest absolute Gasteiger partial charge is 0.481 e. The molecule has 0 spiro atoms. The minimum absolute atomic E-state index is 0.0786. The van der Waals surface area contributed by atoms with E-state index in [0.29, 0.717) is 0 Å². The lowest BCUT2D eigenvalue weighted by Crippen LogP contribution is -2.65. The van der Waals surface area contributed by atoms with Crippen molar-refractivity contribution < 1.29 is 47.9 Å². The lowest BCUT2D eigenvalue weighted by atomic mass is 9.88. The first kappa shape index (κ1) is 44.1. The van der Waals surface area contributed by atoms with Gasteiger partial charge in [-0.2, -0.15) is 0 Å². The van der Waals surface area contributed by atoms with Crippen molar-refractivity contribution in [1.82, 2.24) is 10.6 Å². The molecule has 12 nitrogen and oxygen atoms in total. The maximum atomic E-state index is 13.3. The number of hydrogen-bond donors (Lipinski definition) is 3. The molecule has 15 heteroatoms. The van der Waals surface area contributed by atoms with Gasteiger partial charge in [-0.25, -0.2) is 9.59 Å². The van der Waals surface area contributed by atoms with Crippen molar-refractivity contribution in [3.8, 4) is 0 Å². The van der Waals surface area contributed by atoms with Crippen LogP contribution < -0.4 is 10.6 Å². The van der Waals surface area contributed by atoms with Crippen molar-refractivity contribution in [3.05, 3.63) is 108 Å². The number of hydrogen-bond acceptors (Lipinski definition) is 9. The molecule has 0 radical (unpaired) electrons. The number of halogens is 3. The Morgan fingerprint density at radius 3 is 1.80 bits per heavy atom. The van der Waals surface area contributed by atoms with Gasteiger partial charge in [-0.15, -0.1) is 0 Å². The third-order valence-electron chi connectivity index (χ3n) is 8.35. The number of amides is 2. The number of alkyl halides is 3. The van der Waals surface area contributed by atoms with Crippen LogP contribution in [0, 0.1) is 0 Å². The molecule has 300 valence electrons. The quantitative estimate of drug-likeness (QED) is 0.109. The minimum Gasteiger partial charge on any atom is -0.481 e. The normalized spacial score (nSPS) is 20.6. The van der Waals surface area contributed by atoms with E-state index >= 15 is 0 Å². The lowest BCUT2D eigenvalue weighted by Gasteiger charge is -2.47. The fourth-order valence-electron chi connectivity index (χ4n) is 5.97. The lowest BCUT2D eigenvalue weighted by molar-refractivity contribution is -0.233. The molecule has 3 aromatic carbocycles. The molecule has 0 aromatic heterocycles. The van der Waals surface area contributed by atoms with E-state index in [9.17, 15) is 19.5 Å². The number of benzene rings is 3. The highest BCUT2D eigenvalue weighted by molar-refractivity contribution is 6.67. The van der Waals surface area contributed by atoms with Crippen LogP contribution in [0.25, 0.3) is 0 Å². The summed E-state index contributed by atoms with van der Waals surface area (Å²) in [6, 6.07) is 26.9. The molecule has 0 saturated carbocycles. The first-order valence-electron chi connectivity index (χ1n) is 17.9. The first-order valence-corrected chi connectivity index (χ1v) is 19.1. The summed E-state index contributed by atoms with van der Waals surface area (Å²) in [5.41, 5.74) is 1.91. The standard InChI is InChI=1S/C40H49Cl3N2O10/c1-39(2,3)55-38(49)44-30(21-33(46)47)19-20-31-34(45-37(48)53-26-40(41,42)43)36(52-24-29-17-11-6-12-18-29)35(51-23-28-15-9-5-10-16-28)32(54-31)25-50-22-27-13-7-4-8-14-27/h4-18,30-32,34-36H,19-26H2,1-3H3,(H,44,49)(H,45,48)(H,46,47)/t30-,31-,32+,34-,35+,36+/m0/s1. The van der Waals surface area contributed by atoms with E-state index in [4.69, 9.17) is 63.2 Å². The Kier molecular flexibility index (Phi) is 17.3. The third-order valence-corrected chi connectivity index (χ3v) is 8.68. The van der Waals surface area contributed by atoms with Crippen molar-refractivity contribution in [2.75, 3.05) is 13.2 Å². The Morgan fingerprint density at radius 2 is 1.29 bits per heavy atom. The zero-order valence-electron chi connectivity index (χ0n) is 31.0. The number of carbonyl (C=O) groups is 3. The third kappa shape index (κ3) is 16.6. The van der Waals surface area contributed by atoms with Gasteiger partial charge in [-0.3, -0.25) is 4.79 Å². The van der Waals surface area contributed by atoms with Gasteiger partial charge >= 0.3 is 18.2 Å². The van der Waals surface area contributed by atoms with Gasteiger partial charge in [0.15, 0.2) is 0 Å². The van der Waals surface area contributed by atoms with Gasteiger partial charge in [0.25, 0.3) is 0 Å². The van der Waals surface area contributed by atoms with Crippen molar-refractivity contribution in [3.63, 3.8) is 0 Å². The van der Waals surface area contributed by atoms with E-state index in [1.54, 1.807) is 20.8 Å². The summed E-state index contributed by atoms with van der Waals surface area (Å²) in [5, 5.41) is 15.3. The summed E-state index contributed by atoms with van der Waals surface area (Å²) in [7, 11) is 0. The summed E-state index contributed by atoms with van der Waals surface area (Å²) >= 11 is 17.7. The van der Waals surface area contributed by atoms with Crippen LogP contribution in [0.4, 0.5) is 9.59 Å². The molecule has 0 bridgehead atoms. The van der Waals surface area contributed by atoms with Gasteiger partial charge < -0.3 is 44.2 Å².